The monoisotopic (exact) mass is 352 g/mol. The molecule has 2 aromatic rings. The van der Waals surface area contributed by atoms with E-state index in [0.717, 1.165) is 10.6 Å². The lowest BCUT2D eigenvalue weighted by atomic mass is 9.92. The second kappa shape index (κ2) is 7.34. The summed E-state index contributed by atoms with van der Waals surface area (Å²) in [4.78, 5) is 4.61. The van der Waals surface area contributed by atoms with E-state index in [9.17, 15) is 10.2 Å². The molecule has 2 N–H and O–H groups in total. The molecule has 0 spiro atoms. The standard InChI is InChI=1S/C19H16N2O3S/c1-24-18-16(22)9-13(10-17(18)23)14(7-8-20)15-11-25-19(21-15)12-5-3-2-4-6-12/h2-7,9,11,17,22-23H,10H2,1H3/b14-7-. The van der Waals surface area contributed by atoms with Gasteiger partial charge in [-0.3, -0.25) is 0 Å². The summed E-state index contributed by atoms with van der Waals surface area (Å²) in [6, 6.07) is 11.8. The Morgan fingerprint density at radius 2 is 2.16 bits per heavy atom. The summed E-state index contributed by atoms with van der Waals surface area (Å²) in [5, 5.41) is 32.0. The molecule has 126 valence electrons. The summed E-state index contributed by atoms with van der Waals surface area (Å²) in [5.41, 5.74) is 2.86. The van der Waals surface area contributed by atoms with Crippen LogP contribution in [0.5, 0.6) is 0 Å². The van der Waals surface area contributed by atoms with E-state index in [2.05, 4.69) is 4.98 Å². The highest BCUT2D eigenvalue weighted by molar-refractivity contribution is 7.13. The average Bonchev–Trinajstić information content (AvgIpc) is 3.10. The van der Waals surface area contributed by atoms with Crippen molar-refractivity contribution in [3.05, 3.63) is 70.6 Å². The predicted molar refractivity (Wildman–Crippen MR) is 96.5 cm³/mol. The van der Waals surface area contributed by atoms with Gasteiger partial charge in [-0.2, -0.15) is 5.26 Å². The van der Waals surface area contributed by atoms with E-state index < -0.39 is 6.10 Å². The molecule has 1 aliphatic rings. The van der Waals surface area contributed by atoms with E-state index in [-0.39, 0.29) is 17.9 Å². The third-order valence-corrected chi connectivity index (χ3v) is 4.75. The van der Waals surface area contributed by atoms with Gasteiger partial charge in [0.2, 0.25) is 0 Å². The third kappa shape index (κ3) is 3.48. The first-order valence-electron chi connectivity index (χ1n) is 7.61. The summed E-state index contributed by atoms with van der Waals surface area (Å²) >= 11 is 1.48. The maximum absolute atomic E-state index is 10.1. The number of aliphatic hydroxyl groups excluding tert-OH is 2. The fourth-order valence-electron chi connectivity index (χ4n) is 2.70. The maximum atomic E-state index is 10.1. The molecule has 1 atom stereocenters. The van der Waals surface area contributed by atoms with Gasteiger partial charge in [-0.05, 0) is 11.6 Å². The van der Waals surface area contributed by atoms with Gasteiger partial charge in [-0.25, -0.2) is 4.98 Å². The fourth-order valence-corrected chi connectivity index (χ4v) is 3.53. The summed E-state index contributed by atoms with van der Waals surface area (Å²) < 4.78 is 5.01. The fraction of sp³-hybridized carbons (Fsp3) is 0.158. The molecule has 1 unspecified atom stereocenters. The Hall–Kier alpha value is -2.88. The van der Waals surface area contributed by atoms with Crippen LogP contribution in [0.1, 0.15) is 12.1 Å². The summed E-state index contributed by atoms with van der Waals surface area (Å²) in [7, 11) is 1.40. The normalized spacial score (nSPS) is 17.9. The first kappa shape index (κ1) is 17.0. The molecule has 5 nitrogen and oxygen atoms in total. The lowest BCUT2D eigenvalue weighted by molar-refractivity contribution is 0.113. The van der Waals surface area contributed by atoms with E-state index in [1.54, 1.807) is 0 Å². The van der Waals surface area contributed by atoms with Crippen molar-refractivity contribution in [2.45, 2.75) is 12.5 Å². The Balaban J connectivity index is 1.99. The molecular formula is C19H16N2O3S. The number of thiazole rings is 1. The molecule has 0 saturated carbocycles. The number of nitriles is 1. The van der Waals surface area contributed by atoms with Gasteiger partial charge in [0.25, 0.3) is 0 Å². The van der Waals surface area contributed by atoms with Crippen LogP contribution in [0.2, 0.25) is 0 Å². The Kier molecular flexibility index (Phi) is 4.98. The molecule has 0 amide bonds. The first-order chi connectivity index (χ1) is 12.1. The molecule has 1 aromatic carbocycles. The van der Waals surface area contributed by atoms with Crippen LogP contribution in [-0.2, 0) is 4.74 Å². The lowest BCUT2D eigenvalue weighted by Crippen LogP contribution is -2.19. The number of allylic oxidation sites excluding steroid dienone is 3. The Labute approximate surface area is 149 Å². The molecule has 6 heteroatoms. The van der Waals surface area contributed by atoms with E-state index in [1.807, 2.05) is 41.8 Å². The topological polar surface area (TPSA) is 86.4 Å². The molecule has 1 aliphatic carbocycles. The van der Waals surface area contributed by atoms with E-state index >= 15 is 0 Å². The number of aliphatic hydroxyl groups is 2. The highest BCUT2D eigenvalue weighted by Crippen LogP contribution is 2.35. The van der Waals surface area contributed by atoms with Gasteiger partial charge in [0, 0.05) is 29.0 Å². The molecule has 3 rings (SSSR count). The van der Waals surface area contributed by atoms with Gasteiger partial charge >= 0.3 is 0 Å². The summed E-state index contributed by atoms with van der Waals surface area (Å²) in [5.74, 6) is -0.0121. The largest absolute Gasteiger partial charge is 0.504 e. The van der Waals surface area contributed by atoms with Crippen LogP contribution in [0.3, 0.4) is 0 Å². The molecule has 0 radical (unpaired) electrons. The number of hydrogen-bond acceptors (Lipinski definition) is 6. The second-order valence-electron chi connectivity index (χ2n) is 5.43. The van der Waals surface area contributed by atoms with Crippen LogP contribution >= 0.6 is 11.3 Å². The predicted octanol–water partition coefficient (Wildman–Crippen LogP) is 3.82. The molecule has 0 saturated heterocycles. The van der Waals surface area contributed by atoms with Gasteiger partial charge in [0.15, 0.2) is 11.5 Å². The highest BCUT2D eigenvalue weighted by atomic mass is 32.1. The van der Waals surface area contributed by atoms with Gasteiger partial charge in [-0.15, -0.1) is 11.3 Å². The van der Waals surface area contributed by atoms with Crippen LogP contribution in [0.15, 0.2) is 65.0 Å². The lowest BCUT2D eigenvalue weighted by Gasteiger charge is -2.22. The molecular weight excluding hydrogens is 336 g/mol. The average molecular weight is 352 g/mol. The van der Waals surface area contributed by atoms with Crippen molar-refractivity contribution in [3.63, 3.8) is 0 Å². The zero-order chi connectivity index (χ0) is 17.8. The van der Waals surface area contributed by atoms with Crippen LogP contribution in [0, 0.1) is 11.3 Å². The van der Waals surface area contributed by atoms with Crippen molar-refractivity contribution < 1.29 is 14.9 Å². The minimum Gasteiger partial charge on any atom is -0.504 e. The molecule has 0 aliphatic heterocycles. The van der Waals surface area contributed by atoms with Crippen molar-refractivity contribution in [2.75, 3.05) is 7.11 Å². The van der Waals surface area contributed by atoms with E-state index in [1.165, 1.54) is 30.6 Å². The number of nitrogens with zero attached hydrogens (tertiary/aromatic N) is 2. The smallest absolute Gasteiger partial charge is 0.166 e. The number of rotatable bonds is 4. The number of hydrogen-bond donors (Lipinski definition) is 2. The van der Waals surface area contributed by atoms with Crippen molar-refractivity contribution in [1.29, 1.82) is 5.26 Å². The molecule has 1 heterocycles. The Morgan fingerprint density at radius 3 is 2.80 bits per heavy atom. The number of ether oxygens (including phenoxy) is 1. The van der Waals surface area contributed by atoms with Crippen LogP contribution in [0.25, 0.3) is 16.1 Å². The summed E-state index contributed by atoms with van der Waals surface area (Å²) in [6.07, 6.45) is 2.17. The van der Waals surface area contributed by atoms with Crippen LogP contribution in [0.4, 0.5) is 0 Å². The number of methoxy groups -OCH3 is 1. The highest BCUT2D eigenvalue weighted by Gasteiger charge is 2.26. The van der Waals surface area contributed by atoms with Gasteiger partial charge < -0.3 is 14.9 Å². The quantitative estimate of drug-likeness (QED) is 0.817. The minimum atomic E-state index is -0.959. The second-order valence-corrected chi connectivity index (χ2v) is 6.29. The zero-order valence-corrected chi connectivity index (χ0v) is 14.3. The molecule has 1 aromatic heterocycles. The molecule has 0 bridgehead atoms. The molecule has 0 fully saturated rings. The van der Waals surface area contributed by atoms with E-state index in [4.69, 9.17) is 10.00 Å². The number of aromatic nitrogens is 1. The number of benzene rings is 1. The Morgan fingerprint density at radius 1 is 1.40 bits per heavy atom. The maximum Gasteiger partial charge on any atom is 0.166 e. The zero-order valence-electron chi connectivity index (χ0n) is 13.5. The first-order valence-corrected chi connectivity index (χ1v) is 8.49. The van der Waals surface area contributed by atoms with E-state index in [0.29, 0.717) is 16.8 Å². The van der Waals surface area contributed by atoms with Crippen molar-refractivity contribution in [3.8, 4) is 16.6 Å². The third-order valence-electron chi connectivity index (χ3n) is 3.85. The van der Waals surface area contributed by atoms with Crippen LogP contribution in [-0.4, -0.2) is 28.4 Å². The van der Waals surface area contributed by atoms with Crippen molar-refractivity contribution in [2.24, 2.45) is 0 Å². The van der Waals surface area contributed by atoms with Crippen molar-refractivity contribution in [1.82, 2.24) is 4.98 Å². The van der Waals surface area contributed by atoms with Crippen molar-refractivity contribution >= 4 is 16.9 Å². The minimum absolute atomic E-state index is 0.128. The van der Waals surface area contributed by atoms with Gasteiger partial charge in [0.1, 0.15) is 11.1 Å². The van der Waals surface area contributed by atoms with Gasteiger partial charge in [-0.1, -0.05) is 30.3 Å². The SMILES string of the molecule is COC1=C(O)C=C(/C(=C/C#N)c2csc(-c3ccccc3)n2)CC1O. The van der Waals surface area contributed by atoms with Gasteiger partial charge in [0.05, 0.1) is 18.9 Å². The summed E-state index contributed by atoms with van der Waals surface area (Å²) in [6.45, 7) is 0. The van der Waals surface area contributed by atoms with Crippen LogP contribution < -0.4 is 0 Å². The molecule has 25 heavy (non-hydrogen) atoms. The Bertz CT molecular complexity index is 904.